The van der Waals surface area contributed by atoms with Crippen LogP contribution in [-0.4, -0.2) is 26.9 Å². The van der Waals surface area contributed by atoms with E-state index in [1.165, 1.54) is 7.11 Å². The van der Waals surface area contributed by atoms with Gasteiger partial charge in [-0.2, -0.15) is 8.78 Å². The second-order valence-electron chi connectivity index (χ2n) is 5.16. The lowest BCUT2D eigenvalue weighted by atomic mass is 10.1. The molecule has 0 bridgehead atoms. The molecular weight excluding hydrogens is 400 g/mol. The molecular formula is C17H16BrF2NO4. The maximum absolute atomic E-state index is 12.7. The number of para-hydroxylation sites is 1. The third-order valence-electron chi connectivity index (χ3n) is 3.59. The molecule has 5 nitrogen and oxygen atoms in total. The van der Waals surface area contributed by atoms with Gasteiger partial charge < -0.3 is 24.3 Å². The second-order valence-corrected chi connectivity index (χ2v) is 6.01. The molecule has 0 radical (unpaired) electrons. The SMILES string of the molecule is COc1cccc(CNc2cc3c(cc2Br)OCCO3)c1OC(F)F. The molecule has 0 saturated carbocycles. The Bertz CT molecular complexity index is 758. The Morgan fingerprint density at radius 1 is 1.20 bits per heavy atom. The van der Waals surface area contributed by atoms with E-state index >= 15 is 0 Å². The van der Waals surface area contributed by atoms with Crippen molar-refractivity contribution in [3.05, 3.63) is 40.4 Å². The largest absolute Gasteiger partial charge is 0.493 e. The quantitative estimate of drug-likeness (QED) is 0.755. The lowest BCUT2D eigenvalue weighted by Gasteiger charge is -2.21. The van der Waals surface area contributed by atoms with Crippen LogP contribution in [0.4, 0.5) is 14.5 Å². The van der Waals surface area contributed by atoms with Gasteiger partial charge in [0.2, 0.25) is 0 Å². The van der Waals surface area contributed by atoms with Crippen LogP contribution in [0.25, 0.3) is 0 Å². The molecule has 8 heteroatoms. The molecule has 0 unspecified atom stereocenters. The fourth-order valence-electron chi connectivity index (χ4n) is 2.47. The topological polar surface area (TPSA) is 49.0 Å². The summed E-state index contributed by atoms with van der Waals surface area (Å²) in [7, 11) is 1.41. The molecule has 0 atom stereocenters. The number of benzene rings is 2. The van der Waals surface area contributed by atoms with Gasteiger partial charge in [0.25, 0.3) is 0 Å². The van der Waals surface area contributed by atoms with Crippen LogP contribution >= 0.6 is 15.9 Å². The number of nitrogens with one attached hydrogen (secondary N) is 1. The van der Waals surface area contributed by atoms with Crippen LogP contribution in [0.15, 0.2) is 34.8 Å². The maximum Gasteiger partial charge on any atom is 0.387 e. The molecule has 1 N–H and O–H groups in total. The first-order valence-electron chi connectivity index (χ1n) is 7.52. The number of fused-ring (bicyclic) bond motifs is 1. The number of alkyl halides is 2. The number of ether oxygens (including phenoxy) is 4. The molecule has 134 valence electrons. The van der Waals surface area contributed by atoms with E-state index in [9.17, 15) is 8.78 Å². The van der Waals surface area contributed by atoms with Crippen LogP contribution in [0.5, 0.6) is 23.0 Å². The van der Waals surface area contributed by atoms with E-state index in [1.54, 1.807) is 30.3 Å². The van der Waals surface area contributed by atoms with Crippen molar-refractivity contribution in [3.63, 3.8) is 0 Å². The smallest absolute Gasteiger partial charge is 0.387 e. The van der Waals surface area contributed by atoms with Gasteiger partial charge in [-0.15, -0.1) is 0 Å². The van der Waals surface area contributed by atoms with Crippen LogP contribution in [0, 0.1) is 0 Å². The van der Waals surface area contributed by atoms with E-state index in [4.69, 9.17) is 14.2 Å². The third kappa shape index (κ3) is 4.07. The van der Waals surface area contributed by atoms with Crippen LogP contribution in [0.3, 0.4) is 0 Å². The van der Waals surface area contributed by atoms with Gasteiger partial charge in [-0.3, -0.25) is 0 Å². The Morgan fingerprint density at radius 2 is 1.92 bits per heavy atom. The average Bonchev–Trinajstić information content (AvgIpc) is 2.60. The van der Waals surface area contributed by atoms with Crippen LogP contribution in [0.2, 0.25) is 0 Å². The first-order chi connectivity index (χ1) is 12.1. The van der Waals surface area contributed by atoms with E-state index in [0.29, 0.717) is 30.3 Å². The number of hydrogen-bond acceptors (Lipinski definition) is 5. The van der Waals surface area contributed by atoms with Crippen LogP contribution in [-0.2, 0) is 6.54 Å². The zero-order valence-electron chi connectivity index (χ0n) is 13.4. The minimum absolute atomic E-state index is 0.0150. The molecule has 1 heterocycles. The van der Waals surface area contributed by atoms with E-state index in [0.717, 1.165) is 10.2 Å². The van der Waals surface area contributed by atoms with E-state index in [-0.39, 0.29) is 18.0 Å². The van der Waals surface area contributed by atoms with Gasteiger partial charge >= 0.3 is 6.61 Å². The second kappa shape index (κ2) is 7.77. The van der Waals surface area contributed by atoms with Crippen molar-refractivity contribution in [2.24, 2.45) is 0 Å². The Kier molecular flexibility index (Phi) is 5.47. The van der Waals surface area contributed by atoms with Crippen molar-refractivity contribution in [3.8, 4) is 23.0 Å². The highest BCUT2D eigenvalue weighted by molar-refractivity contribution is 9.10. The van der Waals surface area contributed by atoms with Crippen molar-refractivity contribution in [1.29, 1.82) is 0 Å². The summed E-state index contributed by atoms with van der Waals surface area (Å²) in [4.78, 5) is 0. The van der Waals surface area contributed by atoms with Crippen LogP contribution < -0.4 is 24.3 Å². The molecule has 1 aliphatic heterocycles. The highest BCUT2D eigenvalue weighted by Crippen LogP contribution is 2.39. The number of rotatable bonds is 6. The van der Waals surface area contributed by atoms with Gasteiger partial charge in [-0.05, 0) is 22.0 Å². The number of methoxy groups -OCH3 is 1. The summed E-state index contributed by atoms with van der Waals surface area (Å²) in [6, 6.07) is 8.58. The first-order valence-corrected chi connectivity index (χ1v) is 8.31. The lowest BCUT2D eigenvalue weighted by Crippen LogP contribution is -2.15. The lowest BCUT2D eigenvalue weighted by molar-refractivity contribution is -0.0517. The monoisotopic (exact) mass is 415 g/mol. The van der Waals surface area contributed by atoms with E-state index < -0.39 is 6.61 Å². The number of hydrogen-bond donors (Lipinski definition) is 1. The Labute approximate surface area is 152 Å². The summed E-state index contributed by atoms with van der Waals surface area (Å²) in [6.45, 7) is -1.69. The molecule has 25 heavy (non-hydrogen) atoms. The number of halogens is 3. The van der Waals surface area contributed by atoms with Crippen molar-refractivity contribution in [2.45, 2.75) is 13.2 Å². The minimum Gasteiger partial charge on any atom is -0.493 e. The molecule has 0 aliphatic carbocycles. The summed E-state index contributed by atoms with van der Waals surface area (Å²) in [5, 5.41) is 3.18. The van der Waals surface area contributed by atoms with Gasteiger partial charge in [0.1, 0.15) is 13.2 Å². The first kappa shape index (κ1) is 17.6. The predicted octanol–water partition coefficient (Wildman–Crippen LogP) is 4.44. The molecule has 1 aliphatic rings. The van der Waals surface area contributed by atoms with E-state index in [2.05, 4.69) is 26.0 Å². The highest BCUT2D eigenvalue weighted by Gasteiger charge is 2.17. The van der Waals surface area contributed by atoms with Gasteiger partial charge in [-0.25, -0.2) is 0 Å². The molecule has 0 amide bonds. The van der Waals surface area contributed by atoms with Gasteiger partial charge in [0.15, 0.2) is 23.0 Å². The molecule has 3 rings (SSSR count). The summed E-state index contributed by atoms with van der Waals surface area (Å²) in [5.74, 6) is 1.56. The zero-order valence-corrected chi connectivity index (χ0v) is 14.9. The summed E-state index contributed by atoms with van der Waals surface area (Å²) >= 11 is 3.46. The normalized spacial score (nSPS) is 12.8. The van der Waals surface area contributed by atoms with Crippen molar-refractivity contribution < 1.29 is 27.7 Å². The molecule has 2 aromatic rings. The van der Waals surface area contributed by atoms with E-state index in [1.807, 2.05) is 0 Å². The van der Waals surface area contributed by atoms with Gasteiger partial charge in [-0.1, -0.05) is 12.1 Å². The fraction of sp³-hybridized carbons (Fsp3) is 0.294. The average molecular weight is 416 g/mol. The molecule has 0 aromatic heterocycles. The predicted molar refractivity (Wildman–Crippen MR) is 92.1 cm³/mol. The van der Waals surface area contributed by atoms with Gasteiger partial charge in [0.05, 0.1) is 12.8 Å². The summed E-state index contributed by atoms with van der Waals surface area (Å²) in [6.07, 6.45) is 0. The standard InChI is InChI=1S/C17H16BrF2NO4/c1-22-13-4-2-3-10(16(13)25-17(19)20)9-21-12-8-15-14(7-11(12)18)23-5-6-24-15/h2-4,7-8,17,21H,5-6,9H2,1H3. The van der Waals surface area contributed by atoms with Crippen molar-refractivity contribution in [1.82, 2.24) is 0 Å². The third-order valence-corrected chi connectivity index (χ3v) is 4.24. The van der Waals surface area contributed by atoms with Crippen molar-refractivity contribution >= 4 is 21.6 Å². The number of anilines is 1. The maximum atomic E-state index is 12.7. The Hall–Kier alpha value is -2.22. The zero-order chi connectivity index (χ0) is 17.8. The molecule has 0 spiro atoms. The fourth-order valence-corrected chi connectivity index (χ4v) is 2.94. The molecule has 0 fully saturated rings. The van der Waals surface area contributed by atoms with Crippen LogP contribution in [0.1, 0.15) is 5.56 Å². The Morgan fingerprint density at radius 3 is 2.60 bits per heavy atom. The Balaban J connectivity index is 1.82. The summed E-state index contributed by atoms with van der Waals surface area (Å²) < 4.78 is 47.0. The molecule has 2 aromatic carbocycles. The van der Waals surface area contributed by atoms with Gasteiger partial charge in [0, 0.05) is 28.7 Å². The summed E-state index contributed by atoms with van der Waals surface area (Å²) in [5.41, 5.74) is 1.29. The molecule has 0 saturated heterocycles. The minimum atomic E-state index is -2.93. The van der Waals surface area contributed by atoms with Crippen molar-refractivity contribution in [2.75, 3.05) is 25.6 Å². The highest BCUT2D eigenvalue weighted by atomic mass is 79.9.